The fraction of sp³-hybridized carbons (Fsp3) is 0.286. The number of amides is 4. The van der Waals surface area contributed by atoms with Gasteiger partial charge in [0.05, 0.1) is 19.7 Å². The van der Waals surface area contributed by atoms with Gasteiger partial charge in [-0.1, -0.05) is 24.3 Å². The van der Waals surface area contributed by atoms with Crippen LogP contribution >= 0.6 is 0 Å². The van der Waals surface area contributed by atoms with Crippen molar-refractivity contribution in [2.24, 2.45) is 0 Å². The molecule has 0 aromatic heterocycles. The predicted molar refractivity (Wildman–Crippen MR) is 103 cm³/mol. The Kier molecular flexibility index (Phi) is 4.73. The average Bonchev–Trinajstić information content (AvgIpc) is 3.34. The molecule has 0 saturated carbocycles. The first kappa shape index (κ1) is 18.0. The maximum Gasteiger partial charge on any atom is 0.324 e. The van der Waals surface area contributed by atoms with Crippen LogP contribution in [0.1, 0.15) is 16.8 Å². The third-order valence-corrected chi connectivity index (χ3v) is 5.23. The molecule has 7 nitrogen and oxygen atoms in total. The van der Waals surface area contributed by atoms with Crippen LogP contribution in [0.5, 0.6) is 5.75 Å². The number of hydrogen-bond acceptors (Lipinski definition) is 4. The molecule has 4 rings (SSSR count). The van der Waals surface area contributed by atoms with Crippen LogP contribution in [0, 0.1) is 0 Å². The van der Waals surface area contributed by atoms with E-state index in [0.29, 0.717) is 25.1 Å². The van der Waals surface area contributed by atoms with Gasteiger partial charge in [0.15, 0.2) is 0 Å². The van der Waals surface area contributed by atoms with Gasteiger partial charge in [0.25, 0.3) is 5.91 Å². The van der Waals surface area contributed by atoms with Crippen molar-refractivity contribution >= 4 is 17.8 Å². The van der Waals surface area contributed by atoms with Crippen molar-refractivity contribution in [2.75, 3.05) is 26.7 Å². The molecule has 28 heavy (non-hydrogen) atoms. The molecule has 1 atom stereocenters. The lowest BCUT2D eigenvalue weighted by molar-refractivity contribution is -0.126. The molecular formula is C21H21N3O4. The molecule has 2 aliphatic heterocycles. The summed E-state index contributed by atoms with van der Waals surface area (Å²) in [5, 5.41) is 2.53. The number of benzene rings is 2. The van der Waals surface area contributed by atoms with E-state index in [2.05, 4.69) is 5.32 Å². The Morgan fingerprint density at radius 1 is 1.11 bits per heavy atom. The number of ether oxygens (including phenoxy) is 1. The summed E-state index contributed by atoms with van der Waals surface area (Å²) < 4.78 is 5.26. The lowest BCUT2D eigenvalue weighted by Gasteiger charge is -2.21. The van der Waals surface area contributed by atoms with Crippen molar-refractivity contribution in [3.63, 3.8) is 0 Å². The van der Waals surface area contributed by atoms with E-state index in [4.69, 9.17) is 4.74 Å². The van der Waals surface area contributed by atoms with Crippen molar-refractivity contribution in [3.05, 3.63) is 54.1 Å². The van der Waals surface area contributed by atoms with E-state index in [1.807, 2.05) is 36.4 Å². The number of urea groups is 1. The summed E-state index contributed by atoms with van der Waals surface area (Å²) in [7, 11) is 1.63. The van der Waals surface area contributed by atoms with E-state index in [0.717, 1.165) is 16.9 Å². The number of methoxy groups -OCH3 is 1. The summed E-state index contributed by atoms with van der Waals surface area (Å²) in [6.45, 7) is 0.933. The number of imide groups is 1. The van der Waals surface area contributed by atoms with Gasteiger partial charge in [0.1, 0.15) is 5.75 Å². The predicted octanol–water partition coefficient (Wildman–Crippen LogP) is 2.13. The minimum atomic E-state index is -0.369. The van der Waals surface area contributed by atoms with Crippen LogP contribution in [-0.4, -0.2) is 60.4 Å². The molecule has 0 aliphatic carbocycles. The highest BCUT2D eigenvalue weighted by Crippen LogP contribution is 2.25. The van der Waals surface area contributed by atoms with Crippen LogP contribution in [-0.2, 0) is 4.79 Å². The van der Waals surface area contributed by atoms with Crippen molar-refractivity contribution in [3.8, 4) is 16.9 Å². The maximum atomic E-state index is 12.8. The number of nitrogens with one attached hydrogen (secondary N) is 1. The Labute approximate surface area is 162 Å². The first-order chi connectivity index (χ1) is 13.6. The zero-order valence-corrected chi connectivity index (χ0v) is 15.6. The molecule has 0 spiro atoms. The van der Waals surface area contributed by atoms with Gasteiger partial charge in [-0.2, -0.15) is 0 Å². The van der Waals surface area contributed by atoms with E-state index in [9.17, 15) is 14.4 Å². The van der Waals surface area contributed by atoms with Gasteiger partial charge in [0.2, 0.25) is 5.91 Å². The van der Waals surface area contributed by atoms with Gasteiger partial charge in [-0.05, 0) is 41.8 Å². The third-order valence-electron chi connectivity index (χ3n) is 5.23. The second kappa shape index (κ2) is 7.34. The summed E-state index contributed by atoms with van der Waals surface area (Å²) >= 11 is 0. The van der Waals surface area contributed by atoms with Crippen LogP contribution in [0.3, 0.4) is 0 Å². The molecule has 2 aromatic rings. The summed E-state index contributed by atoms with van der Waals surface area (Å²) in [4.78, 5) is 39.5. The SMILES string of the molecule is COc1cccc(-c2ccc(C(=O)N3CCC(N4C(=O)CNC4=O)C3)cc2)c1. The van der Waals surface area contributed by atoms with Gasteiger partial charge in [-0.25, -0.2) is 4.79 Å². The fourth-order valence-electron chi connectivity index (χ4n) is 3.73. The van der Waals surface area contributed by atoms with Crippen LogP contribution in [0.25, 0.3) is 11.1 Å². The Balaban J connectivity index is 1.45. The molecular weight excluding hydrogens is 358 g/mol. The normalized spacial score (nSPS) is 19.1. The minimum absolute atomic E-state index is 0.0367. The summed E-state index contributed by atoms with van der Waals surface area (Å²) in [6.07, 6.45) is 0.604. The monoisotopic (exact) mass is 379 g/mol. The lowest BCUT2D eigenvalue weighted by Crippen LogP contribution is -2.42. The molecule has 1 N–H and O–H groups in total. The molecule has 2 fully saturated rings. The van der Waals surface area contributed by atoms with Gasteiger partial charge in [-0.15, -0.1) is 0 Å². The molecule has 2 heterocycles. The summed E-state index contributed by atoms with van der Waals surface area (Å²) in [6, 6.07) is 14.5. The Morgan fingerprint density at radius 2 is 1.89 bits per heavy atom. The molecule has 2 aliphatic rings. The van der Waals surface area contributed by atoms with Crippen LogP contribution in [0.4, 0.5) is 4.79 Å². The van der Waals surface area contributed by atoms with Gasteiger partial charge in [-0.3, -0.25) is 14.5 Å². The largest absolute Gasteiger partial charge is 0.497 e. The Bertz CT molecular complexity index is 910. The molecule has 0 bridgehead atoms. The van der Waals surface area contributed by atoms with Crippen LogP contribution in [0.2, 0.25) is 0 Å². The topological polar surface area (TPSA) is 79.0 Å². The number of nitrogens with zero attached hydrogens (tertiary/aromatic N) is 2. The van der Waals surface area contributed by atoms with E-state index in [1.165, 1.54) is 4.90 Å². The maximum absolute atomic E-state index is 12.8. The molecule has 4 amide bonds. The molecule has 2 saturated heterocycles. The van der Waals surface area contributed by atoms with Crippen LogP contribution in [0.15, 0.2) is 48.5 Å². The van der Waals surface area contributed by atoms with Crippen LogP contribution < -0.4 is 10.1 Å². The van der Waals surface area contributed by atoms with Gasteiger partial charge >= 0.3 is 6.03 Å². The highest BCUT2D eigenvalue weighted by Gasteiger charge is 2.39. The van der Waals surface area contributed by atoms with Gasteiger partial charge < -0.3 is 15.0 Å². The smallest absolute Gasteiger partial charge is 0.324 e. The highest BCUT2D eigenvalue weighted by molar-refractivity contribution is 6.02. The number of carbonyl (C=O) groups is 3. The zero-order valence-electron chi connectivity index (χ0n) is 15.6. The number of hydrogen-bond donors (Lipinski definition) is 1. The Morgan fingerprint density at radius 3 is 2.57 bits per heavy atom. The number of carbonyl (C=O) groups excluding carboxylic acids is 3. The van der Waals surface area contributed by atoms with Crippen molar-refractivity contribution < 1.29 is 19.1 Å². The average molecular weight is 379 g/mol. The van der Waals surface area contributed by atoms with E-state index in [-0.39, 0.29) is 30.4 Å². The molecule has 2 aromatic carbocycles. The second-order valence-corrected chi connectivity index (χ2v) is 6.93. The van der Waals surface area contributed by atoms with E-state index >= 15 is 0 Å². The molecule has 1 unspecified atom stereocenters. The molecule has 7 heteroatoms. The quantitative estimate of drug-likeness (QED) is 0.826. The van der Waals surface area contributed by atoms with Crippen molar-refractivity contribution in [1.29, 1.82) is 0 Å². The standard InChI is InChI=1S/C21H21N3O4/c1-28-18-4-2-3-16(11-18)14-5-7-15(8-6-14)20(26)23-10-9-17(13-23)24-19(25)12-22-21(24)27/h2-8,11,17H,9-10,12-13H2,1H3,(H,22,27). The molecule has 144 valence electrons. The number of likely N-dealkylation sites (tertiary alicyclic amines) is 1. The second-order valence-electron chi connectivity index (χ2n) is 6.93. The summed E-state index contributed by atoms with van der Waals surface area (Å²) in [5.74, 6) is 0.458. The van der Waals surface area contributed by atoms with E-state index < -0.39 is 0 Å². The molecule has 0 radical (unpaired) electrons. The van der Waals surface area contributed by atoms with Crippen molar-refractivity contribution in [2.45, 2.75) is 12.5 Å². The summed E-state index contributed by atoms with van der Waals surface area (Å²) in [5.41, 5.74) is 2.59. The minimum Gasteiger partial charge on any atom is -0.497 e. The lowest BCUT2D eigenvalue weighted by atomic mass is 10.0. The zero-order chi connectivity index (χ0) is 19.7. The first-order valence-corrected chi connectivity index (χ1v) is 9.20. The number of rotatable bonds is 4. The first-order valence-electron chi connectivity index (χ1n) is 9.20. The van der Waals surface area contributed by atoms with E-state index in [1.54, 1.807) is 24.1 Å². The van der Waals surface area contributed by atoms with Crippen molar-refractivity contribution in [1.82, 2.24) is 15.1 Å². The van der Waals surface area contributed by atoms with Gasteiger partial charge in [0, 0.05) is 18.7 Å². The highest BCUT2D eigenvalue weighted by atomic mass is 16.5. The fourth-order valence-corrected chi connectivity index (χ4v) is 3.73. The third kappa shape index (κ3) is 3.31. The Hall–Kier alpha value is -3.35.